The molecular weight excluding hydrogens is 585 g/mol. The number of hydrogen-bond donors (Lipinski definition) is 1. The topological polar surface area (TPSA) is 96.0 Å². The summed E-state index contributed by atoms with van der Waals surface area (Å²) in [5.41, 5.74) is 1.66. The van der Waals surface area contributed by atoms with Gasteiger partial charge in [0, 0.05) is 23.1 Å². The molecule has 0 bridgehead atoms. The summed E-state index contributed by atoms with van der Waals surface area (Å²) in [5, 5.41) is 3.59. The van der Waals surface area contributed by atoms with Crippen molar-refractivity contribution >= 4 is 50.7 Å². The van der Waals surface area contributed by atoms with Gasteiger partial charge in [0.1, 0.15) is 18.3 Å². The van der Waals surface area contributed by atoms with Crippen molar-refractivity contribution in [2.24, 2.45) is 0 Å². The van der Waals surface area contributed by atoms with E-state index in [-0.39, 0.29) is 33.8 Å². The highest BCUT2D eigenvalue weighted by atomic mass is 35.5. The fraction of sp³-hybridized carbons (Fsp3) is 0.333. The summed E-state index contributed by atoms with van der Waals surface area (Å²) in [4.78, 5) is 28.5. The quantitative estimate of drug-likeness (QED) is 0.243. The Hall–Kier alpha value is -3.27. The highest BCUT2D eigenvalue weighted by Crippen LogP contribution is 2.35. The van der Waals surface area contributed by atoms with Crippen LogP contribution >= 0.6 is 23.2 Å². The first-order valence-electron chi connectivity index (χ1n) is 13.2. The van der Waals surface area contributed by atoms with Crippen LogP contribution in [0.5, 0.6) is 5.75 Å². The molecule has 11 heteroatoms. The monoisotopic (exact) mass is 619 g/mol. The number of nitrogens with zero attached hydrogens (tertiary/aromatic N) is 2. The molecular formula is C30H35Cl2N3O5S. The number of carbonyl (C=O) groups is 2. The van der Waals surface area contributed by atoms with Crippen molar-refractivity contribution < 1.29 is 22.7 Å². The molecule has 0 heterocycles. The molecule has 0 aliphatic heterocycles. The molecule has 0 saturated heterocycles. The molecule has 0 saturated carbocycles. The number of rotatable bonds is 13. The second-order valence-corrected chi connectivity index (χ2v) is 12.3. The van der Waals surface area contributed by atoms with Crippen molar-refractivity contribution in [3.63, 3.8) is 0 Å². The van der Waals surface area contributed by atoms with Crippen molar-refractivity contribution in [2.75, 3.05) is 24.5 Å². The third kappa shape index (κ3) is 8.38. The van der Waals surface area contributed by atoms with E-state index in [1.54, 1.807) is 49.4 Å². The van der Waals surface area contributed by atoms with Gasteiger partial charge >= 0.3 is 0 Å². The average Bonchev–Trinajstić information content (AvgIpc) is 2.94. The Labute approximate surface area is 252 Å². The number of sulfonamides is 1. The van der Waals surface area contributed by atoms with E-state index < -0.39 is 28.5 Å². The largest absolute Gasteiger partial charge is 0.495 e. The number of carbonyl (C=O) groups excluding carboxylic acids is 2. The van der Waals surface area contributed by atoms with Crippen molar-refractivity contribution in [3.8, 4) is 5.75 Å². The predicted octanol–water partition coefficient (Wildman–Crippen LogP) is 5.84. The van der Waals surface area contributed by atoms with E-state index in [2.05, 4.69) is 5.32 Å². The molecule has 1 atom stereocenters. The maximum Gasteiger partial charge on any atom is 0.264 e. The minimum absolute atomic E-state index is 0.00956. The van der Waals surface area contributed by atoms with Crippen LogP contribution < -0.4 is 14.4 Å². The van der Waals surface area contributed by atoms with Gasteiger partial charge in [-0.25, -0.2) is 8.42 Å². The van der Waals surface area contributed by atoms with E-state index in [4.69, 9.17) is 27.9 Å². The molecule has 8 nitrogen and oxygen atoms in total. The van der Waals surface area contributed by atoms with Crippen molar-refractivity contribution in [2.45, 2.75) is 51.1 Å². The molecule has 1 N–H and O–H groups in total. The number of benzene rings is 3. The number of hydrogen-bond acceptors (Lipinski definition) is 5. The zero-order valence-corrected chi connectivity index (χ0v) is 25.9. The Morgan fingerprint density at radius 2 is 1.68 bits per heavy atom. The van der Waals surface area contributed by atoms with E-state index in [0.717, 1.165) is 22.7 Å². The molecule has 0 aromatic heterocycles. The molecule has 220 valence electrons. The first kappa shape index (κ1) is 32.2. The lowest BCUT2D eigenvalue weighted by Gasteiger charge is -2.32. The van der Waals surface area contributed by atoms with Crippen molar-refractivity contribution in [3.05, 3.63) is 87.9 Å². The zero-order chi connectivity index (χ0) is 30.2. The van der Waals surface area contributed by atoms with Crippen LogP contribution in [0.15, 0.2) is 71.6 Å². The second-order valence-electron chi connectivity index (χ2n) is 9.61. The minimum Gasteiger partial charge on any atom is -0.495 e. The normalized spacial score (nSPS) is 12.0. The number of aryl methyl sites for hydroxylation is 1. The van der Waals surface area contributed by atoms with Crippen molar-refractivity contribution in [1.29, 1.82) is 0 Å². The summed E-state index contributed by atoms with van der Waals surface area (Å²) >= 11 is 12.5. The summed E-state index contributed by atoms with van der Waals surface area (Å²) in [7, 11) is -2.86. The van der Waals surface area contributed by atoms with Gasteiger partial charge in [0.25, 0.3) is 10.0 Å². The van der Waals surface area contributed by atoms with E-state index >= 15 is 0 Å². The third-order valence-corrected chi connectivity index (χ3v) is 8.78. The van der Waals surface area contributed by atoms with Crippen LogP contribution in [0.3, 0.4) is 0 Å². The Morgan fingerprint density at radius 1 is 1.00 bits per heavy atom. The number of amides is 2. The third-order valence-electron chi connectivity index (χ3n) is 6.54. The Balaban J connectivity index is 2.07. The van der Waals surface area contributed by atoms with Gasteiger partial charge in [-0.2, -0.15) is 0 Å². The maximum atomic E-state index is 14.0. The molecule has 0 spiro atoms. The maximum absolute atomic E-state index is 14.0. The summed E-state index contributed by atoms with van der Waals surface area (Å²) in [6.45, 7) is 5.36. The number of methoxy groups -OCH3 is 1. The van der Waals surface area contributed by atoms with Crippen LogP contribution in [0, 0.1) is 6.92 Å². The van der Waals surface area contributed by atoms with Gasteiger partial charge in [0.05, 0.1) is 17.7 Å². The standard InChI is InChI=1S/C30H35Cl2N3O5S/c1-5-6-16-33-30(37)22(3)34(19-23-8-7-9-24(31)17-23)29(36)20-35(27-18-25(32)12-15-28(27)40-4)41(38,39)26-13-10-21(2)11-14-26/h7-15,17-18,22H,5-6,16,19-20H2,1-4H3,(H,33,37)/t22-/m1/s1. The van der Waals surface area contributed by atoms with Crippen LogP contribution in [0.2, 0.25) is 10.0 Å². The summed E-state index contributed by atoms with van der Waals surface area (Å²) < 4.78 is 34.5. The Morgan fingerprint density at radius 3 is 2.32 bits per heavy atom. The van der Waals surface area contributed by atoms with Gasteiger partial charge in [0.2, 0.25) is 11.8 Å². The molecule has 3 aromatic rings. The highest BCUT2D eigenvalue weighted by Gasteiger charge is 2.34. The van der Waals surface area contributed by atoms with Crippen molar-refractivity contribution in [1.82, 2.24) is 10.2 Å². The first-order chi connectivity index (χ1) is 19.5. The predicted molar refractivity (Wildman–Crippen MR) is 163 cm³/mol. The fourth-order valence-corrected chi connectivity index (χ4v) is 5.96. The van der Waals surface area contributed by atoms with Gasteiger partial charge in [-0.15, -0.1) is 0 Å². The van der Waals surface area contributed by atoms with Crippen LogP contribution in [-0.4, -0.2) is 51.4 Å². The molecule has 0 aliphatic carbocycles. The summed E-state index contributed by atoms with van der Waals surface area (Å²) in [5.74, 6) is -0.729. The molecule has 0 fully saturated rings. The van der Waals surface area contributed by atoms with Crippen LogP contribution in [0.25, 0.3) is 0 Å². The molecule has 3 aromatic carbocycles. The number of nitrogens with one attached hydrogen (secondary N) is 1. The second kappa shape index (κ2) is 14.6. The van der Waals surface area contributed by atoms with Crippen LogP contribution in [0.4, 0.5) is 5.69 Å². The molecule has 41 heavy (non-hydrogen) atoms. The van der Waals surface area contributed by atoms with Gasteiger partial charge in [0.15, 0.2) is 0 Å². The molecule has 3 rings (SSSR count). The summed E-state index contributed by atoms with van der Waals surface area (Å²) in [6, 6.07) is 16.9. The number of halogens is 2. The lowest BCUT2D eigenvalue weighted by molar-refractivity contribution is -0.139. The van der Waals surface area contributed by atoms with E-state index in [1.807, 2.05) is 13.8 Å². The lowest BCUT2D eigenvalue weighted by Crippen LogP contribution is -2.51. The number of ether oxygens (including phenoxy) is 1. The van der Waals surface area contributed by atoms with Gasteiger partial charge in [-0.1, -0.05) is 66.4 Å². The average molecular weight is 621 g/mol. The van der Waals surface area contributed by atoms with E-state index in [9.17, 15) is 18.0 Å². The summed E-state index contributed by atoms with van der Waals surface area (Å²) in [6.07, 6.45) is 1.69. The molecule has 0 radical (unpaired) electrons. The number of unbranched alkanes of at least 4 members (excludes halogenated alkanes) is 1. The first-order valence-corrected chi connectivity index (χ1v) is 15.4. The molecule has 0 aliphatic rings. The van der Waals surface area contributed by atoms with Crippen LogP contribution in [0.1, 0.15) is 37.8 Å². The molecule has 0 unspecified atom stereocenters. The van der Waals surface area contributed by atoms with Gasteiger partial charge in [-0.3, -0.25) is 13.9 Å². The highest BCUT2D eigenvalue weighted by molar-refractivity contribution is 7.92. The lowest BCUT2D eigenvalue weighted by atomic mass is 10.1. The van der Waals surface area contributed by atoms with E-state index in [0.29, 0.717) is 17.1 Å². The SMILES string of the molecule is CCCCNC(=O)[C@@H](C)N(Cc1cccc(Cl)c1)C(=O)CN(c1cc(Cl)ccc1OC)S(=O)(=O)c1ccc(C)cc1. The smallest absolute Gasteiger partial charge is 0.264 e. The zero-order valence-electron chi connectivity index (χ0n) is 23.6. The van der Waals surface area contributed by atoms with Crippen LogP contribution in [-0.2, 0) is 26.2 Å². The Kier molecular flexibility index (Phi) is 11.5. The van der Waals surface area contributed by atoms with Gasteiger partial charge < -0.3 is 15.0 Å². The minimum atomic E-state index is -4.27. The number of anilines is 1. The van der Waals surface area contributed by atoms with Gasteiger partial charge in [-0.05, 0) is 68.3 Å². The Bertz CT molecular complexity index is 1470. The fourth-order valence-electron chi connectivity index (χ4n) is 4.16. The van der Waals surface area contributed by atoms with E-state index in [1.165, 1.54) is 36.3 Å². The molecule has 2 amide bonds.